The van der Waals surface area contributed by atoms with Crippen LogP contribution in [0.2, 0.25) is 0 Å². The SMILES string of the molecule is CCNC(=NCCCCN1CCC(C(N)=O)CC1)N1CCN(C(=O)C2CCCO2)CC1. The third kappa shape index (κ3) is 7.07. The minimum absolute atomic E-state index is 0.0602. The molecule has 2 amide bonds. The van der Waals surface area contributed by atoms with Gasteiger partial charge >= 0.3 is 0 Å². The first-order valence-corrected chi connectivity index (χ1v) is 12.0. The number of aliphatic imine (C=N–C) groups is 1. The Morgan fingerprint density at radius 2 is 1.74 bits per heavy atom. The van der Waals surface area contributed by atoms with E-state index in [2.05, 4.69) is 22.0 Å². The fraction of sp³-hybridized carbons (Fsp3) is 0.864. The number of nitrogens with one attached hydrogen (secondary N) is 1. The van der Waals surface area contributed by atoms with Crippen LogP contribution in [0.4, 0.5) is 0 Å². The molecule has 3 heterocycles. The minimum Gasteiger partial charge on any atom is -0.369 e. The Kier molecular flexibility index (Phi) is 9.39. The maximum Gasteiger partial charge on any atom is 0.251 e. The van der Waals surface area contributed by atoms with E-state index in [1.54, 1.807) is 0 Å². The Bertz CT molecular complexity index is 606. The number of nitrogens with two attached hydrogens (primary N) is 1. The van der Waals surface area contributed by atoms with E-state index in [-0.39, 0.29) is 23.8 Å². The van der Waals surface area contributed by atoms with Crippen LogP contribution in [-0.2, 0) is 14.3 Å². The molecule has 1 atom stereocenters. The molecule has 0 bridgehead atoms. The summed E-state index contributed by atoms with van der Waals surface area (Å²) in [5.74, 6) is 1.01. The van der Waals surface area contributed by atoms with Gasteiger partial charge in [-0.25, -0.2) is 0 Å². The quantitative estimate of drug-likeness (QED) is 0.321. The van der Waals surface area contributed by atoms with E-state index in [1.165, 1.54) is 0 Å². The molecule has 3 aliphatic heterocycles. The fourth-order valence-corrected chi connectivity index (χ4v) is 4.61. The van der Waals surface area contributed by atoms with E-state index in [9.17, 15) is 9.59 Å². The molecule has 3 fully saturated rings. The lowest BCUT2D eigenvalue weighted by Gasteiger charge is -2.37. The third-order valence-corrected chi connectivity index (χ3v) is 6.56. The number of carbonyl (C=O) groups is 2. The number of rotatable bonds is 8. The van der Waals surface area contributed by atoms with Crippen molar-refractivity contribution in [2.75, 3.05) is 65.5 Å². The first kappa shape index (κ1) is 23.8. The summed E-state index contributed by atoms with van der Waals surface area (Å²) in [5.41, 5.74) is 5.41. The molecule has 176 valence electrons. The first-order chi connectivity index (χ1) is 15.1. The number of guanidine groups is 1. The molecule has 3 rings (SSSR count). The molecule has 0 aromatic heterocycles. The summed E-state index contributed by atoms with van der Waals surface area (Å²) < 4.78 is 5.55. The van der Waals surface area contributed by atoms with Crippen molar-refractivity contribution < 1.29 is 14.3 Å². The number of ether oxygens (including phenoxy) is 1. The van der Waals surface area contributed by atoms with E-state index in [4.69, 9.17) is 15.5 Å². The van der Waals surface area contributed by atoms with Gasteiger partial charge in [0, 0.05) is 51.8 Å². The topological polar surface area (TPSA) is 103 Å². The van der Waals surface area contributed by atoms with Crippen molar-refractivity contribution in [1.82, 2.24) is 20.0 Å². The summed E-state index contributed by atoms with van der Waals surface area (Å²) in [4.78, 5) is 35.3. The Labute approximate surface area is 186 Å². The number of carbonyl (C=O) groups excluding carboxylic acids is 2. The Morgan fingerprint density at radius 3 is 2.35 bits per heavy atom. The van der Waals surface area contributed by atoms with Crippen molar-refractivity contribution in [1.29, 1.82) is 0 Å². The number of piperazine rings is 1. The molecular formula is C22H40N6O3. The highest BCUT2D eigenvalue weighted by molar-refractivity contribution is 5.82. The number of primary amides is 1. The minimum atomic E-state index is -0.227. The molecule has 31 heavy (non-hydrogen) atoms. The summed E-state index contributed by atoms with van der Waals surface area (Å²) in [6.07, 6.45) is 5.54. The Hall–Kier alpha value is -1.87. The molecule has 9 heteroatoms. The molecular weight excluding hydrogens is 396 g/mol. The molecule has 0 aromatic carbocycles. The van der Waals surface area contributed by atoms with Crippen LogP contribution in [0.3, 0.4) is 0 Å². The molecule has 0 spiro atoms. The summed E-state index contributed by atoms with van der Waals surface area (Å²) in [6, 6.07) is 0. The van der Waals surface area contributed by atoms with Gasteiger partial charge in [-0.3, -0.25) is 14.6 Å². The average molecular weight is 437 g/mol. The van der Waals surface area contributed by atoms with Crippen LogP contribution in [0.5, 0.6) is 0 Å². The molecule has 3 N–H and O–H groups in total. The van der Waals surface area contributed by atoms with E-state index in [0.717, 1.165) is 103 Å². The average Bonchev–Trinajstić information content (AvgIpc) is 3.33. The number of likely N-dealkylation sites (tertiary alicyclic amines) is 1. The van der Waals surface area contributed by atoms with Crippen LogP contribution in [0.15, 0.2) is 4.99 Å². The largest absolute Gasteiger partial charge is 0.369 e. The Balaban J connectivity index is 1.35. The van der Waals surface area contributed by atoms with Crippen LogP contribution < -0.4 is 11.1 Å². The van der Waals surface area contributed by atoms with Gasteiger partial charge < -0.3 is 30.5 Å². The monoisotopic (exact) mass is 436 g/mol. The number of piperidine rings is 1. The van der Waals surface area contributed by atoms with Gasteiger partial charge in [-0.1, -0.05) is 0 Å². The van der Waals surface area contributed by atoms with Gasteiger partial charge in [0.05, 0.1) is 0 Å². The highest BCUT2D eigenvalue weighted by atomic mass is 16.5. The maximum atomic E-state index is 12.5. The van der Waals surface area contributed by atoms with E-state index in [0.29, 0.717) is 6.61 Å². The van der Waals surface area contributed by atoms with Gasteiger partial charge in [0.15, 0.2) is 5.96 Å². The lowest BCUT2D eigenvalue weighted by atomic mass is 9.96. The zero-order chi connectivity index (χ0) is 22.1. The zero-order valence-electron chi connectivity index (χ0n) is 19.1. The molecule has 1 unspecified atom stereocenters. The third-order valence-electron chi connectivity index (χ3n) is 6.56. The van der Waals surface area contributed by atoms with Crippen molar-refractivity contribution in [3.63, 3.8) is 0 Å². The summed E-state index contributed by atoms with van der Waals surface area (Å²) in [6.45, 7) is 10.5. The molecule has 0 aromatic rings. The fourth-order valence-electron chi connectivity index (χ4n) is 4.61. The second-order valence-electron chi connectivity index (χ2n) is 8.78. The lowest BCUT2D eigenvalue weighted by Crippen LogP contribution is -2.55. The molecule has 0 radical (unpaired) electrons. The molecule has 0 aliphatic carbocycles. The van der Waals surface area contributed by atoms with Crippen LogP contribution in [-0.4, -0.2) is 104 Å². The van der Waals surface area contributed by atoms with Crippen molar-refractivity contribution in [2.45, 2.75) is 51.6 Å². The number of nitrogens with zero attached hydrogens (tertiary/aromatic N) is 4. The number of unbranched alkanes of at least 4 members (excludes halogenated alkanes) is 1. The highest BCUT2D eigenvalue weighted by Crippen LogP contribution is 2.17. The maximum absolute atomic E-state index is 12.5. The first-order valence-electron chi connectivity index (χ1n) is 12.0. The van der Waals surface area contributed by atoms with Crippen molar-refractivity contribution in [2.24, 2.45) is 16.6 Å². The Morgan fingerprint density at radius 1 is 1.03 bits per heavy atom. The summed E-state index contributed by atoms with van der Waals surface area (Å²) in [5, 5.41) is 3.40. The zero-order valence-corrected chi connectivity index (χ0v) is 19.1. The lowest BCUT2D eigenvalue weighted by molar-refractivity contribution is -0.142. The second kappa shape index (κ2) is 12.2. The number of hydrogen-bond donors (Lipinski definition) is 2. The molecule has 0 saturated carbocycles. The van der Waals surface area contributed by atoms with Crippen LogP contribution >= 0.6 is 0 Å². The van der Waals surface area contributed by atoms with E-state index in [1.807, 2.05) is 4.90 Å². The van der Waals surface area contributed by atoms with Gasteiger partial charge in [-0.2, -0.15) is 0 Å². The summed E-state index contributed by atoms with van der Waals surface area (Å²) >= 11 is 0. The predicted octanol–water partition coefficient (Wildman–Crippen LogP) is 0.253. The standard InChI is InChI=1S/C22H40N6O3/c1-2-24-22(25-9-3-4-10-26-11-7-18(8-12-26)20(23)29)28-15-13-27(14-16-28)21(30)19-6-5-17-31-19/h18-19H,2-17H2,1H3,(H2,23,29)(H,24,25). The number of hydrogen-bond acceptors (Lipinski definition) is 5. The van der Waals surface area contributed by atoms with Gasteiger partial charge in [-0.05, 0) is 65.1 Å². The smallest absolute Gasteiger partial charge is 0.251 e. The highest BCUT2D eigenvalue weighted by Gasteiger charge is 2.31. The molecule has 3 aliphatic rings. The normalized spacial score (nSPS) is 23.9. The summed E-state index contributed by atoms with van der Waals surface area (Å²) in [7, 11) is 0. The predicted molar refractivity (Wildman–Crippen MR) is 121 cm³/mol. The van der Waals surface area contributed by atoms with E-state index >= 15 is 0 Å². The van der Waals surface area contributed by atoms with Gasteiger partial charge in [0.1, 0.15) is 6.10 Å². The van der Waals surface area contributed by atoms with Gasteiger partial charge in [0.25, 0.3) is 5.91 Å². The van der Waals surface area contributed by atoms with Gasteiger partial charge in [0.2, 0.25) is 5.91 Å². The van der Waals surface area contributed by atoms with Crippen molar-refractivity contribution in [3.05, 3.63) is 0 Å². The van der Waals surface area contributed by atoms with Crippen LogP contribution in [0.25, 0.3) is 0 Å². The molecule has 3 saturated heterocycles. The van der Waals surface area contributed by atoms with Crippen LogP contribution in [0, 0.1) is 5.92 Å². The second-order valence-corrected chi connectivity index (χ2v) is 8.78. The van der Waals surface area contributed by atoms with E-state index < -0.39 is 0 Å². The van der Waals surface area contributed by atoms with Crippen molar-refractivity contribution in [3.8, 4) is 0 Å². The molecule has 9 nitrogen and oxygen atoms in total. The van der Waals surface area contributed by atoms with Crippen LogP contribution in [0.1, 0.15) is 45.4 Å². The number of amides is 2. The van der Waals surface area contributed by atoms with Gasteiger partial charge in [-0.15, -0.1) is 0 Å². The van der Waals surface area contributed by atoms with Crippen molar-refractivity contribution >= 4 is 17.8 Å².